The Balaban J connectivity index is 1.55. The lowest BCUT2D eigenvalue weighted by Gasteiger charge is -2.26. The molecule has 142 valence electrons. The summed E-state index contributed by atoms with van der Waals surface area (Å²) in [5.41, 5.74) is 1.64. The molecule has 2 aromatic carbocycles. The molecule has 0 N–H and O–H groups in total. The van der Waals surface area contributed by atoms with Gasteiger partial charge in [-0.15, -0.1) is 0 Å². The molecule has 4 rings (SSSR count). The summed E-state index contributed by atoms with van der Waals surface area (Å²) in [6, 6.07) is 13.8. The molecular formula is C19H18ClFN2O2S2. The third-order valence-electron chi connectivity index (χ3n) is 4.80. The Kier molecular flexibility index (Phi) is 5.18. The molecule has 4 nitrogen and oxygen atoms in total. The van der Waals surface area contributed by atoms with E-state index in [1.165, 1.54) is 17.8 Å². The van der Waals surface area contributed by atoms with E-state index in [9.17, 15) is 12.8 Å². The van der Waals surface area contributed by atoms with Gasteiger partial charge in [0.15, 0.2) is 15.0 Å². The number of benzene rings is 2. The monoisotopic (exact) mass is 424 g/mol. The van der Waals surface area contributed by atoms with Gasteiger partial charge in [-0.25, -0.2) is 12.8 Å². The minimum Gasteiger partial charge on any atom is -0.341 e. The van der Waals surface area contributed by atoms with Crippen molar-refractivity contribution >= 4 is 38.4 Å². The summed E-state index contributed by atoms with van der Waals surface area (Å²) < 4.78 is 38.0. The lowest BCUT2D eigenvalue weighted by molar-refractivity contribution is 0.343. The van der Waals surface area contributed by atoms with Crippen LogP contribution in [-0.4, -0.2) is 42.1 Å². The van der Waals surface area contributed by atoms with Crippen LogP contribution in [0.15, 0.2) is 53.5 Å². The number of amidine groups is 1. The summed E-state index contributed by atoms with van der Waals surface area (Å²) in [5.74, 6) is 0.405. The van der Waals surface area contributed by atoms with Gasteiger partial charge >= 0.3 is 0 Å². The average Bonchev–Trinajstić information content (AvgIpc) is 3.08. The highest BCUT2D eigenvalue weighted by Crippen LogP contribution is 2.33. The Labute approximate surface area is 167 Å². The molecule has 0 saturated carbocycles. The SMILES string of the molecule is O=S1(=O)C[C@H]2N=C(SCc3ccccc3F)N(Cc3ccc(Cl)cc3)[C@H]2C1. The van der Waals surface area contributed by atoms with Crippen molar-refractivity contribution in [2.75, 3.05) is 11.5 Å². The van der Waals surface area contributed by atoms with Crippen LogP contribution in [0.5, 0.6) is 0 Å². The van der Waals surface area contributed by atoms with Gasteiger partial charge in [0.2, 0.25) is 0 Å². The molecule has 2 aliphatic heterocycles. The summed E-state index contributed by atoms with van der Waals surface area (Å²) in [5, 5.41) is 1.43. The second-order valence-electron chi connectivity index (χ2n) is 6.76. The third kappa shape index (κ3) is 4.15. The van der Waals surface area contributed by atoms with Gasteiger partial charge in [-0.1, -0.05) is 53.7 Å². The summed E-state index contributed by atoms with van der Waals surface area (Å²) in [7, 11) is -3.07. The van der Waals surface area contributed by atoms with Crippen molar-refractivity contribution in [2.45, 2.75) is 24.4 Å². The van der Waals surface area contributed by atoms with Crippen molar-refractivity contribution in [2.24, 2.45) is 4.99 Å². The summed E-state index contributed by atoms with van der Waals surface area (Å²) in [4.78, 5) is 6.71. The molecule has 0 bridgehead atoms. The molecule has 0 spiro atoms. The lowest BCUT2D eigenvalue weighted by Crippen LogP contribution is -2.38. The highest BCUT2D eigenvalue weighted by molar-refractivity contribution is 8.13. The highest BCUT2D eigenvalue weighted by Gasteiger charge is 2.46. The third-order valence-corrected chi connectivity index (χ3v) is 7.80. The van der Waals surface area contributed by atoms with Crippen LogP contribution in [0.25, 0.3) is 0 Å². The molecule has 2 aliphatic rings. The van der Waals surface area contributed by atoms with E-state index in [-0.39, 0.29) is 29.4 Å². The molecule has 0 radical (unpaired) electrons. The van der Waals surface area contributed by atoms with Crippen LogP contribution in [0.2, 0.25) is 5.02 Å². The number of hydrogen-bond acceptors (Lipinski definition) is 5. The second-order valence-corrected chi connectivity index (χ2v) is 10.3. The van der Waals surface area contributed by atoms with Gasteiger partial charge in [0.25, 0.3) is 0 Å². The highest BCUT2D eigenvalue weighted by atomic mass is 35.5. The van der Waals surface area contributed by atoms with Crippen molar-refractivity contribution in [3.8, 4) is 0 Å². The van der Waals surface area contributed by atoms with Crippen molar-refractivity contribution in [1.82, 2.24) is 4.90 Å². The summed E-state index contributed by atoms with van der Waals surface area (Å²) >= 11 is 7.41. The zero-order chi connectivity index (χ0) is 19.0. The molecule has 0 aliphatic carbocycles. The zero-order valence-corrected chi connectivity index (χ0v) is 16.8. The first-order chi connectivity index (χ1) is 12.9. The van der Waals surface area contributed by atoms with Crippen LogP contribution >= 0.6 is 23.4 Å². The molecule has 2 atom stereocenters. The van der Waals surface area contributed by atoms with Gasteiger partial charge in [0.1, 0.15) is 5.82 Å². The number of halogens is 2. The number of nitrogens with zero attached hydrogens (tertiary/aromatic N) is 2. The normalized spacial score (nSPS) is 23.3. The Morgan fingerprint density at radius 1 is 1.15 bits per heavy atom. The first-order valence-electron chi connectivity index (χ1n) is 8.57. The van der Waals surface area contributed by atoms with Gasteiger partial charge in [0, 0.05) is 17.3 Å². The van der Waals surface area contributed by atoms with Crippen LogP contribution < -0.4 is 0 Å². The van der Waals surface area contributed by atoms with E-state index in [0.29, 0.717) is 22.9 Å². The molecule has 2 heterocycles. The Morgan fingerprint density at radius 3 is 2.63 bits per heavy atom. The minimum atomic E-state index is -3.07. The van der Waals surface area contributed by atoms with Gasteiger partial charge in [-0.3, -0.25) is 4.99 Å². The van der Waals surface area contributed by atoms with Crippen LogP contribution in [0.1, 0.15) is 11.1 Å². The van der Waals surface area contributed by atoms with Gasteiger partial charge in [-0.2, -0.15) is 0 Å². The molecule has 1 fully saturated rings. The standard InChI is InChI=1S/C19H18ClFN2O2S2/c20-15-7-5-13(6-8-15)9-23-18-12-27(24,25)11-17(18)22-19(23)26-10-14-3-1-2-4-16(14)21/h1-8,17-18H,9-12H2/t17-,18+/m1/s1. The van der Waals surface area contributed by atoms with Crippen LogP contribution in [0, 0.1) is 5.82 Å². The molecular weight excluding hydrogens is 407 g/mol. The average molecular weight is 425 g/mol. The maximum Gasteiger partial charge on any atom is 0.160 e. The van der Waals surface area contributed by atoms with Crippen LogP contribution in [-0.2, 0) is 22.1 Å². The van der Waals surface area contributed by atoms with E-state index in [2.05, 4.69) is 4.99 Å². The number of hydrogen-bond donors (Lipinski definition) is 0. The summed E-state index contributed by atoms with van der Waals surface area (Å²) in [6.07, 6.45) is 0. The second kappa shape index (κ2) is 7.45. The smallest absolute Gasteiger partial charge is 0.160 e. The Morgan fingerprint density at radius 2 is 1.89 bits per heavy atom. The Hall–Kier alpha value is -1.57. The van der Waals surface area contributed by atoms with Gasteiger partial charge < -0.3 is 4.90 Å². The molecule has 8 heteroatoms. The predicted molar refractivity (Wildman–Crippen MR) is 108 cm³/mol. The fourth-order valence-electron chi connectivity index (χ4n) is 3.44. The maximum atomic E-state index is 13.9. The molecule has 2 aromatic rings. The lowest BCUT2D eigenvalue weighted by atomic mass is 10.1. The van der Waals surface area contributed by atoms with E-state index in [1.807, 2.05) is 35.2 Å². The molecule has 1 saturated heterocycles. The van der Waals surface area contributed by atoms with E-state index < -0.39 is 9.84 Å². The summed E-state index contributed by atoms with van der Waals surface area (Å²) in [6.45, 7) is 0.553. The van der Waals surface area contributed by atoms with Crippen molar-refractivity contribution in [3.63, 3.8) is 0 Å². The fraction of sp³-hybridized carbons (Fsp3) is 0.316. The topological polar surface area (TPSA) is 49.7 Å². The first-order valence-corrected chi connectivity index (χ1v) is 11.8. The van der Waals surface area contributed by atoms with Crippen LogP contribution in [0.4, 0.5) is 4.39 Å². The molecule has 0 unspecified atom stereocenters. The maximum absolute atomic E-state index is 13.9. The van der Waals surface area contributed by atoms with Gasteiger partial charge in [-0.05, 0) is 29.3 Å². The number of rotatable bonds is 4. The minimum absolute atomic E-state index is 0.0819. The largest absolute Gasteiger partial charge is 0.341 e. The molecule has 27 heavy (non-hydrogen) atoms. The van der Waals surface area contributed by atoms with Crippen LogP contribution in [0.3, 0.4) is 0 Å². The number of thioether (sulfide) groups is 1. The number of sulfone groups is 1. The van der Waals surface area contributed by atoms with E-state index in [4.69, 9.17) is 11.6 Å². The number of aliphatic imine (C=N–C) groups is 1. The first kappa shape index (κ1) is 18.8. The number of fused-ring (bicyclic) bond motifs is 1. The zero-order valence-electron chi connectivity index (χ0n) is 14.4. The van der Waals surface area contributed by atoms with Gasteiger partial charge in [0.05, 0.1) is 23.6 Å². The predicted octanol–water partition coefficient (Wildman–Crippen LogP) is 3.75. The quantitative estimate of drug-likeness (QED) is 0.750. The molecule has 0 aromatic heterocycles. The van der Waals surface area contributed by atoms with Crippen molar-refractivity contribution in [3.05, 3.63) is 70.5 Å². The molecule has 0 amide bonds. The van der Waals surface area contributed by atoms with Crippen molar-refractivity contribution in [1.29, 1.82) is 0 Å². The van der Waals surface area contributed by atoms with E-state index in [1.54, 1.807) is 12.1 Å². The van der Waals surface area contributed by atoms with E-state index >= 15 is 0 Å². The Bertz CT molecular complexity index is 979. The van der Waals surface area contributed by atoms with Crippen molar-refractivity contribution < 1.29 is 12.8 Å². The van der Waals surface area contributed by atoms with E-state index in [0.717, 1.165) is 10.7 Å². The fourth-order valence-corrected chi connectivity index (χ4v) is 6.53.